The number of benzene rings is 1. The molecule has 1 atom stereocenters. The minimum absolute atomic E-state index is 0.0716. The number of amides is 1. The molecule has 20 heavy (non-hydrogen) atoms. The summed E-state index contributed by atoms with van der Waals surface area (Å²) < 4.78 is 3.22. The quantitative estimate of drug-likeness (QED) is 0.639. The Hall–Kier alpha value is -1.18. The van der Waals surface area contributed by atoms with Gasteiger partial charge in [0.05, 0.1) is 10.9 Å². The molecule has 4 nitrogen and oxygen atoms in total. The van der Waals surface area contributed by atoms with Gasteiger partial charge in [-0.05, 0) is 31.3 Å². The highest BCUT2D eigenvalue weighted by atomic mass is 32.2. The van der Waals surface area contributed by atoms with Crippen LogP contribution < -0.4 is 0 Å². The average Bonchev–Trinajstić information content (AvgIpc) is 2.79. The van der Waals surface area contributed by atoms with E-state index in [4.69, 9.17) is 12.2 Å². The summed E-state index contributed by atoms with van der Waals surface area (Å²) in [5, 5.41) is 4.31. The number of thioether (sulfide) groups is 1. The highest BCUT2D eigenvalue weighted by Crippen LogP contribution is 2.28. The molecule has 1 amide bonds. The standard InChI is InChI=1S/C13H15N3OS3/c1-9(11(17)15(2)3)19-12-14-16(13(18)20-12)10-7-5-4-6-8-10/h4-9H,1-3H3/t9-/m0/s1. The molecule has 0 bridgehead atoms. The van der Waals surface area contributed by atoms with Crippen molar-refractivity contribution in [3.05, 3.63) is 34.3 Å². The van der Waals surface area contributed by atoms with Crippen molar-refractivity contribution in [2.75, 3.05) is 14.1 Å². The number of carbonyl (C=O) groups excluding carboxylic acids is 1. The van der Waals surface area contributed by atoms with Gasteiger partial charge in [-0.2, -0.15) is 0 Å². The smallest absolute Gasteiger partial charge is 0.235 e. The van der Waals surface area contributed by atoms with E-state index in [0.717, 1.165) is 10.0 Å². The van der Waals surface area contributed by atoms with Gasteiger partial charge in [-0.1, -0.05) is 41.3 Å². The molecule has 0 aliphatic heterocycles. The molecule has 0 fully saturated rings. The van der Waals surface area contributed by atoms with E-state index < -0.39 is 0 Å². The predicted octanol–water partition coefficient (Wildman–Crippen LogP) is 3.23. The van der Waals surface area contributed by atoms with Crippen LogP contribution in [-0.2, 0) is 4.79 Å². The zero-order valence-corrected chi connectivity index (χ0v) is 13.9. The van der Waals surface area contributed by atoms with Crippen LogP contribution in [0.15, 0.2) is 34.7 Å². The second-order valence-electron chi connectivity index (χ2n) is 4.37. The summed E-state index contributed by atoms with van der Waals surface area (Å²) in [5.74, 6) is 0.0716. The molecule has 0 aliphatic carbocycles. The van der Waals surface area contributed by atoms with Gasteiger partial charge in [0.15, 0.2) is 8.29 Å². The molecule has 1 aromatic heterocycles. The molecule has 0 radical (unpaired) electrons. The second-order valence-corrected chi connectivity index (χ2v) is 7.58. The van der Waals surface area contributed by atoms with E-state index >= 15 is 0 Å². The monoisotopic (exact) mass is 325 g/mol. The maximum atomic E-state index is 11.9. The third-order valence-corrected chi connectivity index (χ3v) is 5.00. The van der Waals surface area contributed by atoms with E-state index in [9.17, 15) is 4.79 Å². The van der Waals surface area contributed by atoms with Gasteiger partial charge in [-0.15, -0.1) is 5.10 Å². The lowest BCUT2D eigenvalue weighted by atomic mass is 10.3. The Balaban J connectivity index is 2.20. The highest BCUT2D eigenvalue weighted by Gasteiger charge is 2.18. The van der Waals surface area contributed by atoms with Gasteiger partial charge in [-0.3, -0.25) is 4.79 Å². The minimum Gasteiger partial charge on any atom is -0.348 e. The number of nitrogens with zero attached hydrogens (tertiary/aromatic N) is 3. The SMILES string of the molecule is C[C@H](Sc1nn(-c2ccccc2)c(=S)s1)C(=O)N(C)C. The fourth-order valence-electron chi connectivity index (χ4n) is 1.61. The first kappa shape index (κ1) is 15.2. The molecule has 106 valence electrons. The number of para-hydroxylation sites is 1. The number of carbonyl (C=O) groups is 1. The van der Waals surface area contributed by atoms with Crippen molar-refractivity contribution in [2.45, 2.75) is 16.5 Å². The van der Waals surface area contributed by atoms with Gasteiger partial charge in [0.25, 0.3) is 0 Å². The van der Waals surface area contributed by atoms with Crippen LogP contribution in [0.1, 0.15) is 6.92 Å². The van der Waals surface area contributed by atoms with Gasteiger partial charge in [0.2, 0.25) is 5.91 Å². The first-order valence-corrected chi connectivity index (χ1v) is 8.13. The van der Waals surface area contributed by atoms with Crippen molar-refractivity contribution in [1.82, 2.24) is 14.7 Å². The Morgan fingerprint density at radius 3 is 2.65 bits per heavy atom. The molecule has 0 saturated carbocycles. The van der Waals surface area contributed by atoms with E-state index in [2.05, 4.69) is 5.10 Å². The fourth-order valence-corrected chi connectivity index (χ4v) is 4.26. The third-order valence-electron chi connectivity index (χ3n) is 2.60. The van der Waals surface area contributed by atoms with Crippen molar-refractivity contribution in [3.8, 4) is 5.69 Å². The molecule has 7 heteroatoms. The Kier molecular flexibility index (Phi) is 4.95. The number of hydrogen-bond donors (Lipinski definition) is 0. The molecule has 0 spiro atoms. The molecular formula is C13H15N3OS3. The minimum atomic E-state index is -0.172. The summed E-state index contributed by atoms with van der Waals surface area (Å²) in [4.78, 5) is 13.4. The van der Waals surface area contributed by atoms with Gasteiger partial charge in [0.1, 0.15) is 0 Å². The molecule has 2 rings (SSSR count). The Bertz CT molecular complexity index is 648. The Morgan fingerprint density at radius 2 is 2.05 bits per heavy atom. The molecule has 1 heterocycles. The molecular weight excluding hydrogens is 310 g/mol. The van der Waals surface area contributed by atoms with Crippen molar-refractivity contribution in [3.63, 3.8) is 0 Å². The molecule has 0 saturated heterocycles. The van der Waals surface area contributed by atoms with Crippen LogP contribution >= 0.6 is 35.3 Å². The van der Waals surface area contributed by atoms with Crippen molar-refractivity contribution in [2.24, 2.45) is 0 Å². The van der Waals surface area contributed by atoms with Crippen LogP contribution in [0.2, 0.25) is 0 Å². The third kappa shape index (κ3) is 3.47. The van der Waals surface area contributed by atoms with Crippen LogP contribution in [0.25, 0.3) is 5.69 Å². The Labute approximate surface area is 131 Å². The van der Waals surface area contributed by atoms with Crippen molar-refractivity contribution < 1.29 is 4.79 Å². The van der Waals surface area contributed by atoms with Crippen LogP contribution in [0, 0.1) is 3.95 Å². The largest absolute Gasteiger partial charge is 0.348 e. The molecule has 0 N–H and O–H groups in total. The van der Waals surface area contributed by atoms with E-state index in [0.29, 0.717) is 3.95 Å². The van der Waals surface area contributed by atoms with E-state index in [1.807, 2.05) is 37.3 Å². The van der Waals surface area contributed by atoms with Gasteiger partial charge >= 0.3 is 0 Å². The second kappa shape index (κ2) is 6.51. The first-order valence-electron chi connectivity index (χ1n) is 6.02. The maximum absolute atomic E-state index is 11.9. The molecule has 0 unspecified atom stereocenters. The van der Waals surface area contributed by atoms with E-state index in [1.54, 1.807) is 23.7 Å². The number of aromatic nitrogens is 2. The normalized spacial score (nSPS) is 12.2. The van der Waals surface area contributed by atoms with Crippen LogP contribution in [0.5, 0.6) is 0 Å². The lowest BCUT2D eigenvalue weighted by molar-refractivity contribution is -0.127. The maximum Gasteiger partial charge on any atom is 0.235 e. The zero-order chi connectivity index (χ0) is 14.7. The predicted molar refractivity (Wildman–Crippen MR) is 86.3 cm³/mol. The van der Waals surface area contributed by atoms with Crippen LogP contribution in [0.3, 0.4) is 0 Å². The van der Waals surface area contributed by atoms with Crippen molar-refractivity contribution >= 4 is 41.2 Å². The van der Waals surface area contributed by atoms with Gasteiger partial charge in [-0.25, -0.2) is 4.68 Å². The summed E-state index contributed by atoms with van der Waals surface area (Å²) in [6.45, 7) is 1.88. The van der Waals surface area contributed by atoms with Gasteiger partial charge in [0, 0.05) is 14.1 Å². The first-order chi connectivity index (χ1) is 9.49. The van der Waals surface area contributed by atoms with E-state index in [-0.39, 0.29) is 11.2 Å². The van der Waals surface area contributed by atoms with Crippen molar-refractivity contribution in [1.29, 1.82) is 0 Å². The molecule has 2 aromatic rings. The summed E-state index contributed by atoms with van der Waals surface area (Å²) in [6.07, 6.45) is 0. The molecule has 0 aliphatic rings. The molecule has 1 aromatic carbocycles. The summed E-state index contributed by atoms with van der Waals surface area (Å²) >= 11 is 8.20. The lowest BCUT2D eigenvalue weighted by Gasteiger charge is -2.14. The lowest BCUT2D eigenvalue weighted by Crippen LogP contribution is -2.29. The van der Waals surface area contributed by atoms with E-state index in [1.165, 1.54) is 23.1 Å². The highest BCUT2D eigenvalue weighted by molar-refractivity contribution is 8.02. The van der Waals surface area contributed by atoms with Crippen LogP contribution in [0.4, 0.5) is 0 Å². The average molecular weight is 325 g/mol. The van der Waals surface area contributed by atoms with Gasteiger partial charge < -0.3 is 4.90 Å². The summed E-state index contributed by atoms with van der Waals surface area (Å²) in [5.41, 5.74) is 0.937. The number of rotatable bonds is 4. The van der Waals surface area contributed by atoms with Crippen LogP contribution in [-0.4, -0.2) is 39.9 Å². The Morgan fingerprint density at radius 1 is 1.40 bits per heavy atom. The number of hydrogen-bond acceptors (Lipinski definition) is 5. The summed E-state index contributed by atoms with van der Waals surface area (Å²) in [7, 11) is 3.51. The summed E-state index contributed by atoms with van der Waals surface area (Å²) in [6, 6.07) is 9.76. The topological polar surface area (TPSA) is 38.1 Å². The fraction of sp³-hybridized carbons (Fsp3) is 0.308. The zero-order valence-electron chi connectivity index (χ0n) is 11.4.